The van der Waals surface area contributed by atoms with Crippen LogP contribution in [0.15, 0.2) is 71.8 Å². The van der Waals surface area contributed by atoms with Crippen molar-refractivity contribution in [2.45, 2.75) is 19.4 Å². The molecule has 0 aliphatic heterocycles. The number of ether oxygens (including phenoxy) is 1. The molecule has 0 aliphatic carbocycles. The zero-order valence-corrected chi connectivity index (χ0v) is 18.9. The molecule has 9 heteroatoms. The highest BCUT2D eigenvalue weighted by Gasteiger charge is 2.07. The Morgan fingerprint density at radius 2 is 1.64 bits per heavy atom. The number of nitrogens with zero attached hydrogens (tertiary/aromatic N) is 1. The highest BCUT2D eigenvalue weighted by Crippen LogP contribution is 2.22. The standard InChI is InChI=1S/C24H20Cl2FN3O3/c25-18-4-3-17(22(26)13-18)15-33-21-9-1-16(2-10-21)14-28-30-24(32)12-11-23(31)29-20-7-5-19(27)6-8-20/h1-10,13-14H,11-12,15H2,(H,29,31)(H,30,32). The first kappa shape index (κ1) is 24.2. The lowest BCUT2D eigenvalue weighted by Crippen LogP contribution is -2.20. The van der Waals surface area contributed by atoms with Crippen LogP contribution in [0.5, 0.6) is 5.75 Å². The molecular weight excluding hydrogens is 468 g/mol. The average molecular weight is 488 g/mol. The minimum atomic E-state index is -0.402. The van der Waals surface area contributed by atoms with E-state index in [4.69, 9.17) is 27.9 Å². The van der Waals surface area contributed by atoms with Gasteiger partial charge >= 0.3 is 0 Å². The van der Waals surface area contributed by atoms with Gasteiger partial charge in [0.15, 0.2) is 0 Å². The molecule has 170 valence electrons. The number of hydrogen-bond acceptors (Lipinski definition) is 4. The van der Waals surface area contributed by atoms with E-state index in [1.165, 1.54) is 30.5 Å². The second-order valence-corrected chi connectivity index (χ2v) is 7.79. The molecule has 0 aliphatic rings. The summed E-state index contributed by atoms with van der Waals surface area (Å²) in [5.41, 5.74) is 4.41. The fraction of sp³-hybridized carbons (Fsp3) is 0.125. The molecule has 0 spiro atoms. The van der Waals surface area contributed by atoms with Crippen molar-refractivity contribution in [2.75, 3.05) is 5.32 Å². The first-order valence-corrected chi connectivity index (χ1v) is 10.7. The van der Waals surface area contributed by atoms with Gasteiger partial charge in [-0.15, -0.1) is 0 Å². The molecule has 0 saturated heterocycles. The monoisotopic (exact) mass is 487 g/mol. The summed E-state index contributed by atoms with van der Waals surface area (Å²) < 4.78 is 18.6. The van der Waals surface area contributed by atoms with Gasteiger partial charge < -0.3 is 10.1 Å². The van der Waals surface area contributed by atoms with Crippen LogP contribution in [0.2, 0.25) is 10.0 Å². The third-order valence-electron chi connectivity index (χ3n) is 4.40. The van der Waals surface area contributed by atoms with Crippen LogP contribution >= 0.6 is 23.2 Å². The van der Waals surface area contributed by atoms with E-state index in [1.807, 2.05) is 0 Å². The van der Waals surface area contributed by atoms with Gasteiger partial charge in [-0.05, 0) is 66.2 Å². The van der Waals surface area contributed by atoms with Crippen molar-refractivity contribution in [1.82, 2.24) is 5.43 Å². The van der Waals surface area contributed by atoms with E-state index in [-0.39, 0.29) is 18.7 Å². The van der Waals surface area contributed by atoms with E-state index < -0.39 is 11.7 Å². The van der Waals surface area contributed by atoms with Gasteiger partial charge in [-0.1, -0.05) is 29.3 Å². The Morgan fingerprint density at radius 3 is 2.33 bits per heavy atom. The predicted octanol–water partition coefficient (Wildman–Crippen LogP) is 5.58. The predicted molar refractivity (Wildman–Crippen MR) is 127 cm³/mol. The van der Waals surface area contributed by atoms with Gasteiger partial charge in [0.1, 0.15) is 18.2 Å². The van der Waals surface area contributed by atoms with Gasteiger partial charge in [-0.3, -0.25) is 9.59 Å². The molecule has 33 heavy (non-hydrogen) atoms. The molecule has 0 fully saturated rings. The third kappa shape index (κ3) is 8.21. The van der Waals surface area contributed by atoms with Crippen LogP contribution in [0.3, 0.4) is 0 Å². The minimum absolute atomic E-state index is 0.0254. The van der Waals surface area contributed by atoms with Crippen molar-refractivity contribution in [3.05, 3.63) is 93.7 Å². The van der Waals surface area contributed by atoms with E-state index >= 15 is 0 Å². The third-order valence-corrected chi connectivity index (χ3v) is 4.99. The Kier molecular flexibility index (Phi) is 8.80. The van der Waals surface area contributed by atoms with Gasteiger partial charge in [-0.2, -0.15) is 5.10 Å². The molecule has 6 nitrogen and oxygen atoms in total. The van der Waals surface area contributed by atoms with Crippen LogP contribution in [0.25, 0.3) is 0 Å². The lowest BCUT2D eigenvalue weighted by atomic mass is 10.2. The van der Waals surface area contributed by atoms with Crippen molar-refractivity contribution in [1.29, 1.82) is 0 Å². The fourth-order valence-electron chi connectivity index (χ4n) is 2.67. The molecule has 0 heterocycles. The van der Waals surface area contributed by atoms with Gasteiger partial charge in [0.25, 0.3) is 0 Å². The Hall–Kier alpha value is -3.42. The second-order valence-electron chi connectivity index (χ2n) is 6.94. The summed E-state index contributed by atoms with van der Waals surface area (Å²) in [5, 5.41) is 7.58. The van der Waals surface area contributed by atoms with E-state index in [2.05, 4.69) is 15.8 Å². The van der Waals surface area contributed by atoms with Crippen molar-refractivity contribution in [3.63, 3.8) is 0 Å². The quantitative estimate of drug-likeness (QED) is 0.305. The number of benzene rings is 3. The molecule has 2 amide bonds. The summed E-state index contributed by atoms with van der Waals surface area (Å²) in [7, 11) is 0. The molecule has 0 atom stereocenters. The van der Waals surface area contributed by atoms with Crippen LogP contribution in [-0.4, -0.2) is 18.0 Å². The molecule has 0 aromatic heterocycles. The zero-order valence-electron chi connectivity index (χ0n) is 17.4. The van der Waals surface area contributed by atoms with Crippen LogP contribution < -0.4 is 15.5 Å². The number of carbonyl (C=O) groups is 2. The Balaban J connectivity index is 1.39. The second kappa shape index (κ2) is 12.0. The number of nitrogens with one attached hydrogen (secondary N) is 2. The van der Waals surface area contributed by atoms with Gasteiger partial charge in [0.05, 0.1) is 6.21 Å². The molecule has 0 bridgehead atoms. The SMILES string of the molecule is O=C(CCC(=O)Nc1ccc(F)cc1)NN=Cc1ccc(OCc2ccc(Cl)cc2Cl)cc1. The molecule has 0 radical (unpaired) electrons. The summed E-state index contributed by atoms with van der Waals surface area (Å²) in [5.74, 6) is -0.499. The number of rotatable bonds is 9. The van der Waals surface area contributed by atoms with E-state index in [9.17, 15) is 14.0 Å². The van der Waals surface area contributed by atoms with Crippen molar-refractivity contribution in [2.24, 2.45) is 5.10 Å². The van der Waals surface area contributed by atoms with E-state index in [1.54, 1.807) is 42.5 Å². The van der Waals surface area contributed by atoms with Crippen molar-refractivity contribution < 1.29 is 18.7 Å². The molecular formula is C24H20Cl2FN3O3. The van der Waals surface area contributed by atoms with Crippen molar-refractivity contribution in [3.8, 4) is 5.75 Å². The zero-order chi connectivity index (χ0) is 23.6. The molecule has 3 rings (SSSR count). The molecule has 3 aromatic rings. The number of hydrogen-bond donors (Lipinski definition) is 2. The summed E-state index contributed by atoms with van der Waals surface area (Å²) in [6.07, 6.45) is 1.42. The topological polar surface area (TPSA) is 79.8 Å². The largest absolute Gasteiger partial charge is 0.489 e. The highest BCUT2D eigenvalue weighted by molar-refractivity contribution is 6.35. The van der Waals surface area contributed by atoms with Crippen LogP contribution in [0.1, 0.15) is 24.0 Å². The number of anilines is 1. The molecule has 0 saturated carbocycles. The summed E-state index contributed by atoms with van der Waals surface area (Å²) in [6, 6.07) is 17.7. The smallest absolute Gasteiger partial charge is 0.240 e. The highest BCUT2D eigenvalue weighted by atomic mass is 35.5. The summed E-state index contributed by atoms with van der Waals surface area (Å²) in [6.45, 7) is 0.300. The number of amides is 2. The normalized spacial score (nSPS) is 10.8. The minimum Gasteiger partial charge on any atom is -0.489 e. The van der Waals surface area contributed by atoms with Gasteiger partial charge in [-0.25, -0.2) is 9.82 Å². The average Bonchev–Trinajstić information content (AvgIpc) is 2.79. The van der Waals surface area contributed by atoms with Crippen LogP contribution in [0, 0.1) is 5.82 Å². The van der Waals surface area contributed by atoms with Crippen LogP contribution in [-0.2, 0) is 16.2 Å². The first-order valence-electron chi connectivity index (χ1n) is 9.93. The number of hydrazone groups is 1. The van der Waals surface area contributed by atoms with Gasteiger partial charge in [0.2, 0.25) is 11.8 Å². The van der Waals surface area contributed by atoms with Gasteiger partial charge in [0, 0.05) is 34.1 Å². The first-order chi connectivity index (χ1) is 15.9. The molecule has 2 N–H and O–H groups in total. The number of halogens is 3. The Bertz CT molecular complexity index is 1140. The lowest BCUT2D eigenvalue weighted by Gasteiger charge is -2.08. The maximum atomic E-state index is 12.9. The Labute approximate surface area is 200 Å². The lowest BCUT2D eigenvalue weighted by molar-refractivity contribution is -0.124. The fourth-order valence-corrected chi connectivity index (χ4v) is 3.13. The van der Waals surface area contributed by atoms with Crippen LogP contribution in [0.4, 0.5) is 10.1 Å². The maximum Gasteiger partial charge on any atom is 0.240 e. The molecule has 0 unspecified atom stereocenters. The van der Waals surface area contributed by atoms with E-state index in [0.29, 0.717) is 28.1 Å². The molecule has 3 aromatic carbocycles. The van der Waals surface area contributed by atoms with E-state index in [0.717, 1.165) is 11.1 Å². The van der Waals surface area contributed by atoms with Crippen molar-refractivity contribution >= 4 is 46.9 Å². The summed E-state index contributed by atoms with van der Waals surface area (Å²) >= 11 is 12.0. The maximum absolute atomic E-state index is 12.9. The Morgan fingerprint density at radius 1 is 0.939 bits per heavy atom. The summed E-state index contributed by atoms with van der Waals surface area (Å²) in [4.78, 5) is 23.7. The number of carbonyl (C=O) groups excluding carboxylic acids is 2.